The molecule has 9 nitrogen and oxygen atoms in total. The number of aromatic nitrogens is 2. The summed E-state index contributed by atoms with van der Waals surface area (Å²) in [5, 5.41) is 16.1. The van der Waals surface area contributed by atoms with Crippen molar-refractivity contribution in [2.75, 3.05) is 11.9 Å². The van der Waals surface area contributed by atoms with Gasteiger partial charge in [-0.15, -0.1) is 0 Å². The SMILES string of the molecule is N#CNC(=NCCCCCCC(=O)N(Cc1ccccn1)OC1CCCCC1)Nc1ccncc1. The Morgan fingerprint density at radius 3 is 2.63 bits per heavy atom. The molecule has 1 amide bonds. The van der Waals surface area contributed by atoms with Crippen LogP contribution in [0, 0.1) is 11.5 Å². The average Bonchev–Trinajstić information content (AvgIpc) is 2.89. The number of anilines is 1. The van der Waals surface area contributed by atoms with Gasteiger partial charge in [-0.1, -0.05) is 38.2 Å². The fourth-order valence-corrected chi connectivity index (χ4v) is 3.97. The Hall–Kier alpha value is -3.51. The molecule has 0 unspecified atom stereocenters. The summed E-state index contributed by atoms with van der Waals surface area (Å²) in [6.07, 6.45) is 16.7. The Bertz CT molecular complexity index is 941. The zero-order valence-corrected chi connectivity index (χ0v) is 20.2. The van der Waals surface area contributed by atoms with Crippen molar-refractivity contribution in [3.63, 3.8) is 0 Å². The first kappa shape index (κ1) is 26.1. The molecule has 1 aliphatic rings. The smallest absolute Gasteiger partial charge is 0.246 e. The third kappa shape index (κ3) is 10.1. The molecule has 2 heterocycles. The normalized spacial score (nSPS) is 14.2. The molecule has 35 heavy (non-hydrogen) atoms. The number of nitriles is 1. The van der Waals surface area contributed by atoms with E-state index in [2.05, 4.69) is 25.6 Å². The molecule has 0 bridgehead atoms. The number of aliphatic imine (C=N–C) groups is 1. The number of unbranched alkanes of at least 4 members (excludes halogenated alkanes) is 3. The molecule has 3 rings (SSSR count). The van der Waals surface area contributed by atoms with E-state index >= 15 is 0 Å². The van der Waals surface area contributed by atoms with Crippen LogP contribution in [0.5, 0.6) is 0 Å². The topological polar surface area (TPSA) is 116 Å². The van der Waals surface area contributed by atoms with Gasteiger partial charge in [0.1, 0.15) is 0 Å². The molecule has 0 aromatic carbocycles. The molecular formula is C26H35N7O2. The number of nitrogens with one attached hydrogen (secondary N) is 2. The van der Waals surface area contributed by atoms with Crippen molar-refractivity contribution in [2.24, 2.45) is 4.99 Å². The van der Waals surface area contributed by atoms with Crippen molar-refractivity contribution >= 4 is 17.6 Å². The van der Waals surface area contributed by atoms with Gasteiger partial charge in [-0.05, 0) is 49.9 Å². The highest BCUT2D eigenvalue weighted by Crippen LogP contribution is 2.22. The molecule has 1 fully saturated rings. The maximum absolute atomic E-state index is 12.9. The van der Waals surface area contributed by atoms with Gasteiger partial charge in [0.05, 0.1) is 18.3 Å². The van der Waals surface area contributed by atoms with Crippen LogP contribution in [-0.4, -0.2) is 39.5 Å². The van der Waals surface area contributed by atoms with Crippen LogP contribution in [0.25, 0.3) is 0 Å². The molecule has 2 aromatic heterocycles. The zero-order chi connectivity index (χ0) is 24.6. The van der Waals surface area contributed by atoms with Gasteiger partial charge in [0.2, 0.25) is 11.9 Å². The number of hydrogen-bond acceptors (Lipinski definition) is 6. The van der Waals surface area contributed by atoms with Crippen LogP contribution in [0.3, 0.4) is 0 Å². The van der Waals surface area contributed by atoms with Crippen molar-refractivity contribution in [3.8, 4) is 6.19 Å². The molecule has 1 saturated carbocycles. The summed E-state index contributed by atoms with van der Waals surface area (Å²) in [7, 11) is 0. The zero-order valence-electron chi connectivity index (χ0n) is 20.2. The summed E-state index contributed by atoms with van der Waals surface area (Å²) in [6, 6.07) is 9.33. The second-order valence-electron chi connectivity index (χ2n) is 8.61. The van der Waals surface area contributed by atoms with E-state index in [1.807, 2.05) is 24.4 Å². The summed E-state index contributed by atoms with van der Waals surface area (Å²) < 4.78 is 0. The number of amides is 1. The Labute approximate surface area is 207 Å². The van der Waals surface area contributed by atoms with Crippen molar-refractivity contribution in [1.29, 1.82) is 5.26 Å². The summed E-state index contributed by atoms with van der Waals surface area (Å²) >= 11 is 0. The molecule has 2 aromatic rings. The van der Waals surface area contributed by atoms with E-state index in [1.54, 1.807) is 30.7 Å². The summed E-state index contributed by atoms with van der Waals surface area (Å²) in [5.41, 5.74) is 1.64. The number of hydroxylamine groups is 2. The molecule has 0 atom stereocenters. The van der Waals surface area contributed by atoms with Gasteiger partial charge in [0.15, 0.2) is 6.19 Å². The van der Waals surface area contributed by atoms with Crippen LogP contribution in [0.2, 0.25) is 0 Å². The first-order valence-electron chi connectivity index (χ1n) is 12.5. The van der Waals surface area contributed by atoms with Crippen LogP contribution < -0.4 is 10.6 Å². The van der Waals surface area contributed by atoms with Gasteiger partial charge in [-0.3, -0.25) is 29.9 Å². The highest BCUT2D eigenvalue weighted by Gasteiger charge is 2.22. The van der Waals surface area contributed by atoms with Gasteiger partial charge in [0.25, 0.3) is 0 Å². The summed E-state index contributed by atoms with van der Waals surface area (Å²) in [5.74, 6) is 0.431. The van der Waals surface area contributed by atoms with E-state index in [0.29, 0.717) is 25.5 Å². The molecule has 2 N–H and O–H groups in total. The first-order valence-corrected chi connectivity index (χ1v) is 12.5. The van der Waals surface area contributed by atoms with Crippen molar-refractivity contribution in [1.82, 2.24) is 20.3 Å². The van der Waals surface area contributed by atoms with Gasteiger partial charge in [0, 0.05) is 37.2 Å². The molecule has 0 spiro atoms. The molecule has 9 heteroatoms. The van der Waals surface area contributed by atoms with E-state index in [4.69, 9.17) is 10.1 Å². The van der Waals surface area contributed by atoms with E-state index in [9.17, 15) is 4.79 Å². The second kappa shape index (κ2) is 15.4. The molecule has 1 aliphatic carbocycles. The average molecular weight is 478 g/mol. The standard InChI is InChI=1S/C26H35N7O2/c27-21-31-26(32-22-14-18-28-19-15-22)30-17-8-2-1-6-13-25(34)33(20-23-10-7-9-16-29-23)35-24-11-4-3-5-12-24/h7,9-10,14-16,18-19,24H,1-6,8,11-13,17,20H2,(H2,28,30,31,32). The van der Waals surface area contributed by atoms with Crippen LogP contribution in [-0.2, 0) is 16.2 Å². The lowest BCUT2D eigenvalue weighted by molar-refractivity contribution is -0.215. The lowest BCUT2D eigenvalue weighted by Crippen LogP contribution is -2.35. The number of carbonyl (C=O) groups excluding carboxylic acids is 1. The number of pyridine rings is 2. The minimum atomic E-state index is 0.0151. The monoisotopic (exact) mass is 477 g/mol. The van der Waals surface area contributed by atoms with Crippen LogP contribution in [0.4, 0.5) is 5.69 Å². The number of hydrogen-bond donors (Lipinski definition) is 2. The van der Waals surface area contributed by atoms with E-state index in [1.165, 1.54) is 11.5 Å². The summed E-state index contributed by atoms with van der Waals surface area (Å²) in [4.78, 5) is 31.8. The fourth-order valence-electron chi connectivity index (χ4n) is 3.97. The van der Waals surface area contributed by atoms with Crippen LogP contribution >= 0.6 is 0 Å². The predicted molar refractivity (Wildman–Crippen MR) is 135 cm³/mol. The molecular weight excluding hydrogens is 442 g/mol. The highest BCUT2D eigenvalue weighted by atomic mass is 16.7. The Morgan fingerprint density at radius 1 is 1.09 bits per heavy atom. The molecule has 0 aliphatic heterocycles. The Kier molecular flexibility index (Phi) is 11.5. The van der Waals surface area contributed by atoms with Gasteiger partial charge < -0.3 is 5.32 Å². The van der Waals surface area contributed by atoms with E-state index in [-0.39, 0.29) is 12.0 Å². The third-order valence-corrected chi connectivity index (χ3v) is 5.82. The van der Waals surface area contributed by atoms with Gasteiger partial charge in [-0.25, -0.2) is 5.06 Å². The maximum atomic E-state index is 12.9. The molecule has 186 valence electrons. The van der Waals surface area contributed by atoms with Crippen molar-refractivity contribution < 1.29 is 9.63 Å². The van der Waals surface area contributed by atoms with E-state index < -0.39 is 0 Å². The maximum Gasteiger partial charge on any atom is 0.246 e. The van der Waals surface area contributed by atoms with Gasteiger partial charge >= 0.3 is 0 Å². The Balaban J connectivity index is 1.39. The number of rotatable bonds is 12. The lowest BCUT2D eigenvalue weighted by Gasteiger charge is -2.29. The van der Waals surface area contributed by atoms with Crippen molar-refractivity contribution in [2.45, 2.75) is 76.9 Å². The second-order valence-corrected chi connectivity index (χ2v) is 8.61. The fraction of sp³-hybridized carbons (Fsp3) is 0.500. The third-order valence-electron chi connectivity index (χ3n) is 5.82. The largest absolute Gasteiger partial charge is 0.325 e. The molecule has 0 radical (unpaired) electrons. The van der Waals surface area contributed by atoms with Crippen LogP contribution in [0.15, 0.2) is 53.9 Å². The van der Waals surface area contributed by atoms with Crippen molar-refractivity contribution in [3.05, 3.63) is 54.6 Å². The van der Waals surface area contributed by atoms with Gasteiger partial charge in [-0.2, -0.15) is 5.26 Å². The first-order chi connectivity index (χ1) is 17.2. The Morgan fingerprint density at radius 2 is 1.89 bits per heavy atom. The summed E-state index contributed by atoms with van der Waals surface area (Å²) in [6.45, 7) is 0.969. The minimum Gasteiger partial charge on any atom is -0.325 e. The predicted octanol–water partition coefficient (Wildman–Crippen LogP) is 4.56. The minimum absolute atomic E-state index is 0.0151. The highest BCUT2D eigenvalue weighted by molar-refractivity contribution is 5.94. The lowest BCUT2D eigenvalue weighted by atomic mass is 9.98. The number of guanidine groups is 1. The number of nitrogens with zero attached hydrogens (tertiary/aromatic N) is 5. The van der Waals surface area contributed by atoms with Crippen LogP contribution in [0.1, 0.15) is 69.9 Å². The number of carbonyl (C=O) groups is 1. The quantitative estimate of drug-likeness (QED) is 0.115. The molecule has 0 saturated heterocycles. The van der Waals surface area contributed by atoms with E-state index in [0.717, 1.165) is 62.7 Å².